The number of anilines is 1. The van der Waals surface area contributed by atoms with Gasteiger partial charge in [0.05, 0.1) is 13.5 Å². The molecule has 0 bridgehead atoms. The zero-order chi connectivity index (χ0) is 18.2. The van der Waals surface area contributed by atoms with Gasteiger partial charge in [-0.05, 0) is 42.0 Å². The highest BCUT2D eigenvalue weighted by atomic mass is 16.5. The number of carboxylic acid groups (broad SMARTS) is 1. The van der Waals surface area contributed by atoms with Gasteiger partial charge < -0.3 is 20.5 Å². The minimum atomic E-state index is -1.12. The molecule has 130 valence electrons. The molecule has 2 rings (SSSR count). The molecule has 0 spiro atoms. The molecule has 25 heavy (non-hydrogen) atoms. The van der Waals surface area contributed by atoms with Crippen LogP contribution < -0.4 is 15.4 Å². The molecular formula is C18H18N2O5. The van der Waals surface area contributed by atoms with Crippen LogP contribution in [0.2, 0.25) is 0 Å². The fourth-order valence-electron chi connectivity index (χ4n) is 2.10. The second-order valence-electron chi connectivity index (χ2n) is 5.23. The van der Waals surface area contributed by atoms with Crippen molar-refractivity contribution in [2.45, 2.75) is 6.42 Å². The van der Waals surface area contributed by atoms with E-state index in [4.69, 9.17) is 9.84 Å². The van der Waals surface area contributed by atoms with Gasteiger partial charge in [-0.25, -0.2) is 0 Å². The van der Waals surface area contributed by atoms with Crippen molar-refractivity contribution in [3.8, 4) is 5.75 Å². The SMILES string of the molecule is COc1ccc(CC(=O)Nc2ccc(C(=O)NCC(=O)O)cc2)cc1. The Morgan fingerprint density at radius 3 is 2.20 bits per heavy atom. The van der Waals surface area contributed by atoms with Gasteiger partial charge in [0.1, 0.15) is 12.3 Å². The maximum atomic E-state index is 12.0. The number of methoxy groups -OCH3 is 1. The molecule has 0 saturated heterocycles. The van der Waals surface area contributed by atoms with Gasteiger partial charge in [-0.15, -0.1) is 0 Å². The lowest BCUT2D eigenvalue weighted by atomic mass is 10.1. The van der Waals surface area contributed by atoms with E-state index in [0.717, 1.165) is 11.3 Å². The zero-order valence-electron chi connectivity index (χ0n) is 13.6. The van der Waals surface area contributed by atoms with Gasteiger partial charge in [0, 0.05) is 11.3 Å². The lowest BCUT2D eigenvalue weighted by Crippen LogP contribution is -2.29. The maximum absolute atomic E-state index is 12.0. The molecule has 2 aromatic rings. The molecule has 7 nitrogen and oxygen atoms in total. The Hall–Kier alpha value is -3.35. The van der Waals surface area contributed by atoms with Crippen LogP contribution >= 0.6 is 0 Å². The summed E-state index contributed by atoms with van der Waals surface area (Å²) in [5.41, 5.74) is 1.71. The summed E-state index contributed by atoms with van der Waals surface area (Å²) in [5, 5.41) is 13.5. The van der Waals surface area contributed by atoms with Crippen LogP contribution in [0.4, 0.5) is 5.69 Å². The van der Waals surface area contributed by atoms with Crippen LogP contribution in [0.15, 0.2) is 48.5 Å². The molecule has 2 aromatic carbocycles. The molecule has 0 unspecified atom stereocenters. The van der Waals surface area contributed by atoms with Crippen LogP contribution in [0, 0.1) is 0 Å². The topological polar surface area (TPSA) is 105 Å². The molecule has 0 aliphatic rings. The van der Waals surface area contributed by atoms with Gasteiger partial charge in [0.15, 0.2) is 0 Å². The number of rotatable bonds is 7. The monoisotopic (exact) mass is 342 g/mol. The third-order valence-corrected chi connectivity index (χ3v) is 3.35. The summed E-state index contributed by atoms with van der Waals surface area (Å²) in [6, 6.07) is 13.4. The first-order chi connectivity index (χ1) is 12.0. The van der Waals surface area contributed by atoms with Crippen molar-refractivity contribution in [1.82, 2.24) is 5.32 Å². The maximum Gasteiger partial charge on any atom is 0.322 e. The Labute approximate surface area is 144 Å². The molecule has 0 atom stereocenters. The summed E-state index contributed by atoms with van der Waals surface area (Å²) in [7, 11) is 1.58. The molecule has 0 heterocycles. The lowest BCUT2D eigenvalue weighted by Gasteiger charge is -2.07. The number of ether oxygens (including phenoxy) is 1. The summed E-state index contributed by atoms with van der Waals surface area (Å²) in [4.78, 5) is 34.2. The number of nitrogens with one attached hydrogen (secondary N) is 2. The first kappa shape index (κ1) is 18.0. The van der Waals surface area contributed by atoms with E-state index in [0.29, 0.717) is 11.3 Å². The fraction of sp³-hybridized carbons (Fsp3) is 0.167. The molecule has 0 fully saturated rings. The van der Waals surface area contributed by atoms with Gasteiger partial charge in [0.25, 0.3) is 5.91 Å². The average Bonchev–Trinajstić information content (AvgIpc) is 2.61. The van der Waals surface area contributed by atoms with E-state index in [1.165, 1.54) is 12.1 Å². The van der Waals surface area contributed by atoms with Gasteiger partial charge in [-0.3, -0.25) is 14.4 Å². The van der Waals surface area contributed by atoms with E-state index in [1.807, 2.05) is 12.1 Å². The third-order valence-electron chi connectivity index (χ3n) is 3.35. The first-order valence-corrected chi connectivity index (χ1v) is 7.51. The molecule has 3 N–H and O–H groups in total. The van der Waals surface area contributed by atoms with Crippen molar-refractivity contribution in [1.29, 1.82) is 0 Å². The number of aliphatic carboxylic acids is 1. The molecule has 0 aliphatic carbocycles. The molecule has 7 heteroatoms. The van der Waals surface area contributed by atoms with Gasteiger partial charge in [-0.2, -0.15) is 0 Å². The van der Waals surface area contributed by atoms with Crippen molar-refractivity contribution in [3.63, 3.8) is 0 Å². The van der Waals surface area contributed by atoms with E-state index >= 15 is 0 Å². The van der Waals surface area contributed by atoms with Crippen LogP contribution in [-0.2, 0) is 16.0 Å². The highest BCUT2D eigenvalue weighted by molar-refractivity contribution is 5.97. The summed E-state index contributed by atoms with van der Waals surface area (Å²) < 4.78 is 5.06. The number of amides is 2. The standard InChI is InChI=1S/C18H18N2O5/c1-25-15-8-2-12(3-9-15)10-16(21)20-14-6-4-13(5-7-14)18(24)19-11-17(22)23/h2-9H,10-11H2,1H3,(H,19,24)(H,20,21)(H,22,23). The van der Waals surface area contributed by atoms with Crippen LogP contribution in [0.5, 0.6) is 5.75 Å². The zero-order valence-corrected chi connectivity index (χ0v) is 13.6. The molecule has 0 aliphatic heterocycles. The third kappa shape index (κ3) is 5.65. The number of carbonyl (C=O) groups excluding carboxylic acids is 2. The predicted molar refractivity (Wildman–Crippen MR) is 91.7 cm³/mol. The number of carbonyl (C=O) groups is 3. The van der Waals surface area contributed by atoms with E-state index in [9.17, 15) is 14.4 Å². The van der Waals surface area contributed by atoms with Crippen molar-refractivity contribution in [3.05, 3.63) is 59.7 Å². The predicted octanol–water partition coefficient (Wildman–Crippen LogP) is 1.69. The summed E-state index contributed by atoms with van der Waals surface area (Å²) in [6.45, 7) is -0.445. The Bertz CT molecular complexity index is 754. The van der Waals surface area contributed by atoms with Crippen LogP contribution in [0.1, 0.15) is 15.9 Å². The molecule has 0 aromatic heterocycles. The minimum Gasteiger partial charge on any atom is -0.497 e. The summed E-state index contributed by atoms with van der Waals surface area (Å²) in [5.74, 6) is -1.07. The van der Waals surface area contributed by atoms with Gasteiger partial charge in [0.2, 0.25) is 5.91 Å². The smallest absolute Gasteiger partial charge is 0.322 e. The minimum absolute atomic E-state index is 0.187. The average molecular weight is 342 g/mol. The number of hydrogen-bond donors (Lipinski definition) is 3. The Morgan fingerprint density at radius 1 is 1.00 bits per heavy atom. The van der Waals surface area contributed by atoms with Gasteiger partial charge in [-0.1, -0.05) is 12.1 Å². The quantitative estimate of drug-likeness (QED) is 0.710. The van der Waals surface area contributed by atoms with E-state index < -0.39 is 18.4 Å². The second-order valence-corrected chi connectivity index (χ2v) is 5.23. The van der Waals surface area contributed by atoms with Crippen molar-refractivity contribution in [2.75, 3.05) is 19.0 Å². The van der Waals surface area contributed by atoms with E-state index in [2.05, 4.69) is 10.6 Å². The van der Waals surface area contributed by atoms with Crippen LogP contribution in [-0.4, -0.2) is 36.5 Å². The molecule has 0 saturated carbocycles. The lowest BCUT2D eigenvalue weighted by molar-refractivity contribution is -0.135. The normalized spacial score (nSPS) is 9.96. The largest absolute Gasteiger partial charge is 0.497 e. The van der Waals surface area contributed by atoms with E-state index in [1.54, 1.807) is 31.4 Å². The fourth-order valence-corrected chi connectivity index (χ4v) is 2.10. The van der Waals surface area contributed by atoms with E-state index in [-0.39, 0.29) is 12.3 Å². The van der Waals surface area contributed by atoms with Gasteiger partial charge >= 0.3 is 5.97 Å². The first-order valence-electron chi connectivity index (χ1n) is 7.51. The summed E-state index contributed by atoms with van der Waals surface area (Å²) >= 11 is 0. The second kappa shape index (κ2) is 8.49. The number of benzene rings is 2. The number of hydrogen-bond acceptors (Lipinski definition) is 4. The van der Waals surface area contributed by atoms with Crippen LogP contribution in [0.3, 0.4) is 0 Å². The Kier molecular flexibility index (Phi) is 6.11. The molecule has 0 radical (unpaired) electrons. The highest BCUT2D eigenvalue weighted by Crippen LogP contribution is 2.13. The van der Waals surface area contributed by atoms with Crippen molar-refractivity contribution in [2.24, 2.45) is 0 Å². The Morgan fingerprint density at radius 2 is 1.64 bits per heavy atom. The summed E-state index contributed by atoms with van der Waals surface area (Å²) in [6.07, 6.45) is 0.213. The Balaban J connectivity index is 1.90. The van der Waals surface area contributed by atoms with Crippen molar-refractivity contribution >= 4 is 23.5 Å². The van der Waals surface area contributed by atoms with Crippen LogP contribution in [0.25, 0.3) is 0 Å². The molecule has 2 amide bonds. The number of carboxylic acids is 1. The molecular weight excluding hydrogens is 324 g/mol. The van der Waals surface area contributed by atoms with Crippen molar-refractivity contribution < 1.29 is 24.2 Å². The highest BCUT2D eigenvalue weighted by Gasteiger charge is 2.08.